The van der Waals surface area contributed by atoms with Crippen molar-refractivity contribution < 1.29 is 4.79 Å². The van der Waals surface area contributed by atoms with Gasteiger partial charge in [-0.05, 0) is 11.0 Å². The van der Waals surface area contributed by atoms with Crippen molar-refractivity contribution in [1.82, 2.24) is 0 Å². The lowest BCUT2D eigenvalue weighted by Gasteiger charge is -2.34. The molecule has 0 aliphatic heterocycles. The fraction of sp³-hybridized carbons (Fsp3) is 0.750. The van der Waals surface area contributed by atoms with E-state index in [9.17, 15) is 4.79 Å². The minimum atomic E-state index is -1.38. The van der Waals surface area contributed by atoms with Gasteiger partial charge in [0.25, 0.3) is 0 Å². The molecule has 0 amide bonds. The molecule has 0 unspecified atom stereocenters. The molecule has 0 rings (SSSR count). The maximum atomic E-state index is 10.5. The highest BCUT2D eigenvalue weighted by Gasteiger charge is 2.32. The van der Waals surface area contributed by atoms with Gasteiger partial charge in [0.05, 0.1) is 14.1 Å². The Labute approximate surface area is 94.9 Å². The van der Waals surface area contributed by atoms with Crippen molar-refractivity contribution in [2.75, 3.05) is 0 Å². The van der Waals surface area contributed by atoms with Crippen molar-refractivity contribution in [2.24, 2.45) is 11.7 Å². The summed E-state index contributed by atoms with van der Waals surface area (Å²) in [7, 11) is -1.38. The van der Waals surface area contributed by atoms with Crippen LogP contribution in [0.4, 0.5) is 0 Å². The highest BCUT2D eigenvalue weighted by atomic mass is 28.3. The van der Waals surface area contributed by atoms with Crippen LogP contribution in [-0.2, 0) is 4.79 Å². The largest absolute Gasteiger partial charge is 0.321 e. The maximum absolute atomic E-state index is 10.5. The van der Waals surface area contributed by atoms with Crippen LogP contribution in [0.3, 0.4) is 0 Å². The Balaban J connectivity index is 4.59. The lowest BCUT2D eigenvalue weighted by atomic mass is 10.1. The first-order chi connectivity index (χ1) is 6.62. The Morgan fingerprint density at radius 1 is 1.27 bits per heavy atom. The molecule has 0 saturated carbocycles. The minimum Gasteiger partial charge on any atom is -0.321 e. The molecular weight excluding hydrogens is 202 g/mol. The van der Waals surface area contributed by atoms with Crippen molar-refractivity contribution >= 4 is 14.4 Å². The van der Waals surface area contributed by atoms with Crippen LogP contribution in [0.25, 0.3) is 0 Å². The summed E-state index contributed by atoms with van der Waals surface area (Å²) in [6.45, 7) is 13.5. The third-order valence-electron chi connectivity index (χ3n) is 3.51. The zero-order chi connectivity index (χ0) is 12.3. The van der Waals surface area contributed by atoms with Gasteiger partial charge >= 0.3 is 0 Å². The Morgan fingerprint density at radius 3 is 2.07 bits per heavy atom. The molecule has 0 aromatic heterocycles. The van der Waals surface area contributed by atoms with Crippen LogP contribution < -0.4 is 5.73 Å². The summed E-state index contributed by atoms with van der Waals surface area (Å²) >= 11 is 0. The van der Waals surface area contributed by atoms with Crippen LogP contribution in [0.1, 0.15) is 27.7 Å². The Morgan fingerprint density at radius 2 is 1.73 bits per heavy atom. The van der Waals surface area contributed by atoms with Gasteiger partial charge in [0.2, 0.25) is 0 Å². The van der Waals surface area contributed by atoms with Crippen LogP contribution in [-0.4, -0.2) is 20.4 Å². The molecule has 0 aromatic rings. The van der Waals surface area contributed by atoms with Gasteiger partial charge in [-0.15, -0.1) is 0 Å². The quantitative estimate of drug-likeness (QED) is 0.593. The van der Waals surface area contributed by atoms with Gasteiger partial charge in [-0.3, -0.25) is 0 Å². The molecule has 0 saturated heterocycles. The molecule has 0 aliphatic rings. The van der Waals surface area contributed by atoms with Gasteiger partial charge in [-0.2, -0.15) is 0 Å². The molecule has 15 heavy (non-hydrogen) atoms. The fourth-order valence-electron chi connectivity index (χ4n) is 0.895. The summed E-state index contributed by atoms with van der Waals surface area (Å²) in [6, 6.07) is -0.369. The maximum Gasteiger partial charge on any atom is 0.137 e. The van der Waals surface area contributed by atoms with E-state index in [4.69, 9.17) is 5.73 Å². The zero-order valence-electron chi connectivity index (χ0n) is 10.9. The molecule has 0 aliphatic carbocycles. The summed E-state index contributed by atoms with van der Waals surface area (Å²) in [5, 5.41) is 0.342. The van der Waals surface area contributed by atoms with E-state index in [-0.39, 0.29) is 12.0 Å². The Kier molecular flexibility index (Phi) is 4.94. The summed E-state index contributed by atoms with van der Waals surface area (Å²) < 4.78 is 0. The molecule has 2 N–H and O–H groups in total. The summed E-state index contributed by atoms with van der Waals surface area (Å²) in [4.78, 5) is 10.5. The topological polar surface area (TPSA) is 43.1 Å². The van der Waals surface area contributed by atoms with Crippen molar-refractivity contribution in [3.05, 3.63) is 11.8 Å². The van der Waals surface area contributed by atoms with E-state index in [1.54, 1.807) is 0 Å². The van der Waals surface area contributed by atoms with E-state index in [0.717, 1.165) is 6.29 Å². The summed E-state index contributed by atoms with van der Waals surface area (Å²) in [6.07, 6.45) is 2.93. The highest BCUT2D eigenvalue weighted by Crippen LogP contribution is 2.36. The Bertz CT molecular complexity index is 240. The van der Waals surface area contributed by atoms with Crippen LogP contribution >= 0.6 is 0 Å². The SMILES string of the molecule is C[C@@H](C=C[Si](C)(C)C(C)(C)C)[C@H](N)C=O. The molecule has 0 spiro atoms. The van der Waals surface area contributed by atoms with E-state index in [1.807, 2.05) is 6.92 Å². The predicted octanol–water partition coefficient (Wildman–Crippen LogP) is 2.75. The normalized spacial score (nSPS) is 17.8. The van der Waals surface area contributed by atoms with Crippen molar-refractivity contribution in [2.45, 2.75) is 51.9 Å². The van der Waals surface area contributed by atoms with E-state index in [2.05, 4.69) is 45.6 Å². The number of rotatable bonds is 4. The first-order valence-electron chi connectivity index (χ1n) is 5.52. The third-order valence-corrected chi connectivity index (χ3v) is 8.41. The average Bonchev–Trinajstić information content (AvgIpc) is 2.11. The first kappa shape index (κ1) is 14.6. The molecule has 0 bridgehead atoms. The van der Waals surface area contributed by atoms with Crippen molar-refractivity contribution in [3.63, 3.8) is 0 Å². The van der Waals surface area contributed by atoms with E-state index >= 15 is 0 Å². The van der Waals surface area contributed by atoms with Crippen LogP contribution in [0.15, 0.2) is 11.8 Å². The van der Waals surface area contributed by atoms with Gasteiger partial charge < -0.3 is 10.5 Å². The molecule has 0 heterocycles. The van der Waals surface area contributed by atoms with Gasteiger partial charge in [0.1, 0.15) is 6.29 Å². The van der Waals surface area contributed by atoms with Crippen molar-refractivity contribution in [3.8, 4) is 0 Å². The monoisotopic (exact) mass is 227 g/mol. The number of aldehydes is 1. The van der Waals surface area contributed by atoms with E-state index < -0.39 is 8.07 Å². The van der Waals surface area contributed by atoms with Gasteiger partial charge in [0, 0.05) is 0 Å². The summed E-state index contributed by atoms with van der Waals surface area (Å²) in [5.41, 5.74) is 7.96. The van der Waals surface area contributed by atoms with Gasteiger partial charge in [-0.1, -0.05) is 52.6 Å². The van der Waals surface area contributed by atoms with Gasteiger partial charge in [0.15, 0.2) is 0 Å². The first-order valence-corrected chi connectivity index (χ1v) is 8.60. The fourth-order valence-corrected chi connectivity index (χ4v) is 2.18. The average molecular weight is 227 g/mol. The van der Waals surface area contributed by atoms with Crippen LogP contribution in [0.2, 0.25) is 18.1 Å². The number of hydrogen-bond donors (Lipinski definition) is 1. The second kappa shape index (κ2) is 5.08. The molecule has 2 nitrogen and oxygen atoms in total. The molecule has 0 fully saturated rings. The van der Waals surface area contributed by atoms with Crippen LogP contribution in [0.5, 0.6) is 0 Å². The molecule has 88 valence electrons. The minimum absolute atomic E-state index is 0.136. The number of nitrogens with two attached hydrogens (primary N) is 1. The lowest BCUT2D eigenvalue weighted by molar-refractivity contribution is -0.109. The van der Waals surface area contributed by atoms with E-state index in [1.165, 1.54) is 0 Å². The third kappa shape index (κ3) is 4.30. The highest BCUT2D eigenvalue weighted by molar-refractivity contribution is 6.84. The standard InChI is InChI=1S/C12H25NOSi/c1-10(11(13)9-14)7-8-15(5,6)12(2,3)4/h7-11H,13H2,1-6H3/t10-,11+/m0/s1. The smallest absolute Gasteiger partial charge is 0.137 e. The van der Waals surface area contributed by atoms with Crippen LogP contribution in [0, 0.1) is 5.92 Å². The lowest BCUT2D eigenvalue weighted by Crippen LogP contribution is -2.36. The second-order valence-corrected chi connectivity index (χ2v) is 11.2. The Hall–Kier alpha value is -0.413. The van der Waals surface area contributed by atoms with Crippen molar-refractivity contribution in [1.29, 1.82) is 0 Å². The molecule has 3 heteroatoms. The number of carbonyl (C=O) groups is 1. The molecule has 0 radical (unpaired) electrons. The molecule has 2 atom stereocenters. The number of carbonyl (C=O) groups excluding carboxylic acids is 1. The second-order valence-electron chi connectivity index (χ2n) is 5.90. The predicted molar refractivity (Wildman–Crippen MR) is 69.5 cm³/mol. The molecular formula is C12H25NOSi. The van der Waals surface area contributed by atoms with E-state index in [0.29, 0.717) is 5.04 Å². The zero-order valence-corrected chi connectivity index (χ0v) is 11.9. The van der Waals surface area contributed by atoms with Gasteiger partial charge in [-0.25, -0.2) is 0 Å². The summed E-state index contributed by atoms with van der Waals surface area (Å²) in [5.74, 6) is 0.136. The molecule has 0 aromatic carbocycles. The number of hydrogen-bond acceptors (Lipinski definition) is 2.